The number of aliphatic hydroxyl groups is 1. The van der Waals surface area contributed by atoms with Crippen LogP contribution in [0.25, 0.3) is 22.6 Å². The van der Waals surface area contributed by atoms with Gasteiger partial charge in [0.2, 0.25) is 5.89 Å². The Hall–Kier alpha value is -2.17. The quantitative estimate of drug-likeness (QED) is 0.774. The van der Waals surface area contributed by atoms with E-state index in [4.69, 9.17) is 4.42 Å². The number of fused-ring (bicyclic) bond motifs is 4. The van der Waals surface area contributed by atoms with Crippen LogP contribution >= 0.6 is 0 Å². The third-order valence-electron chi connectivity index (χ3n) is 6.22. The smallest absolute Gasteiger partial charge is 0.227 e. The van der Waals surface area contributed by atoms with Gasteiger partial charge in [-0.1, -0.05) is 24.3 Å². The van der Waals surface area contributed by atoms with Crippen LogP contribution in [-0.2, 0) is 5.60 Å². The number of oxazole rings is 1. The predicted octanol–water partition coefficient (Wildman–Crippen LogP) is 3.80. The first kappa shape index (κ1) is 15.1. The molecule has 2 bridgehead atoms. The number of rotatable bonds is 2. The molecule has 3 saturated heterocycles. The molecule has 2 atom stereocenters. The number of nitrogens with zero attached hydrogens (tertiary/aromatic N) is 2. The molecule has 3 aliphatic heterocycles. The Morgan fingerprint density at radius 2 is 1.80 bits per heavy atom. The van der Waals surface area contributed by atoms with Gasteiger partial charge >= 0.3 is 0 Å². The van der Waals surface area contributed by atoms with Crippen molar-refractivity contribution < 1.29 is 9.52 Å². The minimum Gasteiger partial charge on any atom is -0.436 e. The number of aromatic nitrogens is 1. The van der Waals surface area contributed by atoms with E-state index in [0.717, 1.165) is 48.2 Å². The van der Waals surface area contributed by atoms with Crippen molar-refractivity contribution in [1.82, 2.24) is 9.88 Å². The van der Waals surface area contributed by atoms with Gasteiger partial charge in [-0.15, -0.1) is 0 Å². The maximum atomic E-state index is 11.5. The summed E-state index contributed by atoms with van der Waals surface area (Å²) in [7, 11) is 0. The van der Waals surface area contributed by atoms with Crippen molar-refractivity contribution in [1.29, 1.82) is 0 Å². The molecule has 0 amide bonds. The fourth-order valence-electron chi connectivity index (χ4n) is 4.70. The molecule has 3 aliphatic rings. The summed E-state index contributed by atoms with van der Waals surface area (Å²) in [6, 6.07) is 16.1. The second kappa shape index (κ2) is 5.41. The van der Waals surface area contributed by atoms with E-state index in [1.165, 1.54) is 0 Å². The average molecular weight is 334 g/mol. The van der Waals surface area contributed by atoms with Crippen molar-refractivity contribution in [2.45, 2.75) is 31.4 Å². The lowest BCUT2D eigenvalue weighted by atomic mass is 9.67. The van der Waals surface area contributed by atoms with Gasteiger partial charge in [0.05, 0.1) is 0 Å². The molecule has 3 fully saturated rings. The summed E-state index contributed by atoms with van der Waals surface area (Å²) in [5.41, 5.74) is 2.86. The Morgan fingerprint density at radius 1 is 1.08 bits per heavy atom. The third-order valence-corrected chi connectivity index (χ3v) is 6.22. The lowest BCUT2D eigenvalue weighted by Crippen LogP contribution is -2.62. The van der Waals surface area contributed by atoms with E-state index in [0.29, 0.717) is 11.8 Å². The highest BCUT2D eigenvalue weighted by Crippen LogP contribution is 2.46. The van der Waals surface area contributed by atoms with Crippen molar-refractivity contribution in [3.8, 4) is 11.5 Å². The van der Waals surface area contributed by atoms with E-state index >= 15 is 0 Å². The number of para-hydroxylation sites is 2. The van der Waals surface area contributed by atoms with Crippen LogP contribution in [-0.4, -0.2) is 34.1 Å². The van der Waals surface area contributed by atoms with Crippen LogP contribution in [0.15, 0.2) is 52.9 Å². The highest BCUT2D eigenvalue weighted by molar-refractivity contribution is 5.76. The number of piperidine rings is 3. The van der Waals surface area contributed by atoms with E-state index in [2.05, 4.69) is 16.8 Å². The molecule has 0 spiro atoms. The lowest BCUT2D eigenvalue weighted by Gasteiger charge is -2.55. The molecule has 128 valence electrons. The summed E-state index contributed by atoms with van der Waals surface area (Å²) in [4.78, 5) is 6.97. The molecule has 25 heavy (non-hydrogen) atoms. The molecule has 3 aromatic rings. The molecular formula is C21H22N2O2. The van der Waals surface area contributed by atoms with Crippen LogP contribution < -0.4 is 0 Å². The standard InChI is InChI=1S/C21H22N2O2/c1-14-21(24,17-10-12-23(14)13-11-17)16-8-6-15(7-9-16)20-22-18-4-2-3-5-19(18)25-20/h2-9,14,17,24H,10-13H2,1H3. The summed E-state index contributed by atoms with van der Waals surface area (Å²) in [5, 5.41) is 11.5. The zero-order valence-corrected chi connectivity index (χ0v) is 14.4. The van der Waals surface area contributed by atoms with Crippen LogP contribution in [0.5, 0.6) is 0 Å². The molecule has 0 aliphatic carbocycles. The summed E-state index contributed by atoms with van der Waals surface area (Å²) in [5.74, 6) is 0.976. The second-order valence-electron chi connectivity index (χ2n) is 7.38. The number of hydrogen-bond donors (Lipinski definition) is 1. The van der Waals surface area contributed by atoms with Crippen LogP contribution in [0, 0.1) is 5.92 Å². The SMILES string of the molecule is CC1N2CCC(CC2)C1(O)c1ccc(-c2nc3ccccc3o2)cc1. The molecule has 4 nitrogen and oxygen atoms in total. The molecular weight excluding hydrogens is 312 g/mol. The van der Waals surface area contributed by atoms with Crippen LogP contribution in [0.1, 0.15) is 25.3 Å². The van der Waals surface area contributed by atoms with Crippen molar-refractivity contribution in [3.05, 3.63) is 54.1 Å². The highest BCUT2D eigenvalue weighted by atomic mass is 16.3. The normalized spacial score (nSPS) is 31.5. The van der Waals surface area contributed by atoms with E-state index in [1.807, 2.05) is 48.5 Å². The third kappa shape index (κ3) is 2.17. The van der Waals surface area contributed by atoms with Gasteiger partial charge in [-0.05, 0) is 68.6 Å². The molecule has 4 heterocycles. The lowest BCUT2D eigenvalue weighted by molar-refractivity contribution is -0.155. The summed E-state index contributed by atoms with van der Waals surface area (Å²) >= 11 is 0. The minimum atomic E-state index is -0.754. The van der Waals surface area contributed by atoms with Gasteiger partial charge in [-0.2, -0.15) is 0 Å². The minimum absolute atomic E-state index is 0.162. The van der Waals surface area contributed by atoms with E-state index in [9.17, 15) is 5.11 Å². The van der Waals surface area contributed by atoms with Crippen molar-refractivity contribution >= 4 is 11.1 Å². The summed E-state index contributed by atoms with van der Waals surface area (Å²) in [6.07, 6.45) is 2.15. The average Bonchev–Trinajstić information content (AvgIpc) is 3.10. The van der Waals surface area contributed by atoms with Gasteiger partial charge in [0.25, 0.3) is 0 Å². The summed E-state index contributed by atoms with van der Waals surface area (Å²) < 4.78 is 5.85. The fourth-order valence-corrected chi connectivity index (χ4v) is 4.70. The number of benzene rings is 2. The Labute approximate surface area is 147 Å². The van der Waals surface area contributed by atoms with Crippen LogP contribution in [0.4, 0.5) is 0 Å². The van der Waals surface area contributed by atoms with E-state index in [-0.39, 0.29) is 6.04 Å². The van der Waals surface area contributed by atoms with E-state index in [1.54, 1.807) is 0 Å². The highest BCUT2D eigenvalue weighted by Gasteiger charge is 2.51. The fraction of sp³-hybridized carbons (Fsp3) is 0.381. The Kier molecular flexibility index (Phi) is 3.27. The Balaban J connectivity index is 1.51. The van der Waals surface area contributed by atoms with Gasteiger partial charge in [0.15, 0.2) is 5.58 Å². The van der Waals surface area contributed by atoms with Gasteiger partial charge in [0.1, 0.15) is 11.1 Å². The largest absolute Gasteiger partial charge is 0.436 e. The zero-order valence-electron chi connectivity index (χ0n) is 14.4. The second-order valence-corrected chi connectivity index (χ2v) is 7.38. The van der Waals surface area contributed by atoms with Crippen molar-refractivity contribution in [2.24, 2.45) is 5.92 Å². The molecule has 0 saturated carbocycles. The Bertz CT molecular complexity index is 872. The zero-order chi connectivity index (χ0) is 17.0. The molecule has 2 unspecified atom stereocenters. The van der Waals surface area contributed by atoms with Crippen LogP contribution in [0.3, 0.4) is 0 Å². The van der Waals surface area contributed by atoms with Crippen molar-refractivity contribution in [2.75, 3.05) is 13.1 Å². The molecule has 1 aromatic heterocycles. The monoisotopic (exact) mass is 334 g/mol. The van der Waals surface area contributed by atoms with Crippen molar-refractivity contribution in [3.63, 3.8) is 0 Å². The first-order valence-corrected chi connectivity index (χ1v) is 9.09. The van der Waals surface area contributed by atoms with Crippen LogP contribution in [0.2, 0.25) is 0 Å². The summed E-state index contributed by atoms with van der Waals surface area (Å²) in [6.45, 7) is 4.37. The van der Waals surface area contributed by atoms with Gasteiger partial charge in [-0.3, -0.25) is 4.90 Å². The molecule has 6 rings (SSSR count). The van der Waals surface area contributed by atoms with Gasteiger partial charge < -0.3 is 9.52 Å². The van der Waals surface area contributed by atoms with Gasteiger partial charge in [-0.25, -0.2) is 4.98 Å². The maximum Gasteiger partial charge on any atom is 0.227 e. The van der Waals surface area contributed by atoms with Gasteiger partial charge in [0, 0.05) is 11.6 Å². The maximum absolute atomic E-state index is 11.5. The number of hydrogen-bond acceptors (Lipinski definition) is 4. The molecule has 1 N–H and O–H groups in total. The first-order chi connectivity index (χ1) is 12.2. The first-order valence-electron chi connectivity index (χ1n) is 9.09. The van der Waals surface area contributed by atoms with E-state index < -0.39 is 5.60 Å². The molecule has 4 heteroatoms. The molecule has 0 radical (unpaired) electrons. The molecule has 2 aromatic carbocycles. The Morgan fingerprint density at radius 3 is 2.48 bits per heavy atom. The predicted molar refractivity (Wildman–Crippen MR) is 97.1 cm³/mol. The topological polar surface area (TPSA) is 49.5 Å².